The molecule has 5 atom stereocenters. The largest absolute Gasteiger partial charge is 0.315 e. The first kappa shape index (κ1) is 9.51. The maximum Gasteiger partial charge on any atom is 0.00387 e. The van der Waals surface area contributed by atoms with Crippen molar-refractivity contribution in [3.8, 4) is 0 Å². The van der Waals surface area contributed by atoms with Gasteiger partial charge in [-0.3, -0.25) is 0 Å². The molecule has 0 aromatic rings. The zero-order chi connectivity index (χ0) is 9.42. The van der Waals surface area contributed by atoms with Crippen molar-refractivity contribution in [1.82, 2.24) is 5.32 Å². The first-order valence-corrected chi connectivity index (χ1v) is 5.97. The Balaban J connectivity index is 1.59. The molecule has 0 amide bonds. The minimum absolute atomic E-state index is 0.734. The van der Waals surface area contributed by atoms with Crippen LogP contribution in [0.3, 0.4) is 0 Å². The molecular weight excluding hydrogens is 158 g/mol. The van der Waals surface area contributed by atoms with Gasteiger partial charge in [0, 0.05) is 6.04 Å². The molecule has 2 aliphatic rings. The zero-order valence-electron chi connectivity index (χ0n) is 9.22. The molecule has 5 unspecified atom stereocenters. The van der Waals surface area contributed by atoms with E-state index in [0.29, 0.717) is 0 Å². The number of rotatable bonds is 5. The molecule has 0 heterocycles. The topological polar surface area (TPSA) is 12.0 Å². The molecule has 0 saturated heterocycles. The fourth-order valence-corrected chi connectivity index (χ4v) is 3.27. The summed E-state index contributed by atoms with van der Waals surface area (Å²) in [6.07, 6.45) is 4.40. The van der Waals surface area contributed by atoms with Crippen LogP contribution in [0.15, 0.2) is 0 Å². The van der Waals surface area contributed by atoms with Crippen LogP contribution in [0, 0.1) is 23.7 Å². The van der Waals surface area contributed by atoms with Gasteiger partial charge in [-0.2, -0.15) is 0 Å². The second kappa shape index (κ2) is 3.61. The molecule has 0 aromatic carbocycles. The van der Waals surface area contributed by atoms with Crippen molar-refractivity contribution >= 4 is 0 Å². The van der Waals surface area contributed by atoms with Gasteiger partial charge < -0.3 is 5.32 Å². The SMILES string of the molecule is CCNC(C)CCC1CC2C(C)C12. The van der Waals surface area contributed by atoms with Crippen LogP contribution in [-0.2, 0) is 0 Å². The lowest BCUT2D eigenvalue weighted by Crippen LogP contribution is -2.27. The van der Waals surface area contributed by atoms with Crippen molar-refractivity contribution in [2.45, 2.75) is 46.1 Å². The molecule has 0 radical (unpaired) electrons. The minimum atomic E-state index is 0.734. The molecule has 0 aromatic heterocycles. The van der Waals surface area contributed by atoms with Crippen molar-refractivity contribution in [3.63, 3.8) is 0 Å². The highest BCUT2D eigenvalue weighted by Gasteiger charge is 2.59. The standard InChI is InChI=1S/C12H23N/c1-4-13-8(2)5-6-10-7-11-9(3)12(10)11/h8-13H,4-7H2,1-3H3. The number of nitrogens with one attached hydrogen (secondary N) is 1. The monoisotopic (exact) mass is 181 g/mol. The van der Waals surface area contributed by atoms with Crippen molar-refractivity contribution < 1.29 is 0 Å². The van der Waals surface area contributed by atoms with Gasteiger partial charge in [0.1, 0.15) is 0 Å². The van der Waals surface area contributed by atoms with Gasteiger partial charge in [-0.05, 0) is 56.4 Å². The Morgan fingerprint density at radius 2 is 2.23 bits per heavy atom. The molecule has 76 valence electrons. The van der Waals surface area contributed by atoms with Crippen molar-refractivity contribution in [2.75, 3.05) is 6.54 Å². The number of hydrogen-bond acceptors (Lipinski definition) is 1. The van der Waals surface area contributed by atoms with E-state index in [2.05, 4.69) is 26.1 Å². The van der Waals surface area contributed by atoms with Crippen LogP contribution < -0.4 is 5.32 Å². The molecule has 2 saturated carbocycles. The third-order valence-corrected chi connectivity index (χ3v) is 4.28. The van der Waals surface area contributed by atoms with E-state index in [4.69, 9.17) is 0 Å². The van der Waals surface area contributed by atoms with E-state index in [-0.39, 0.29) is 0 Å². The smallest absolute Gasteiger partial charge is 0.00387 e. The van der Waals surface area contributed by atoms with Crippen molar-refractivity contribution in [1.29, 1.82) is 0 Å². The molecule has 1 nitrogen and oxygen atoms in total. The molecule has 2 rings (SSSR count). The summed E-state index contributed by atoms with van der Waals surface area (Å²) in [5, 5.41) is 3.49. The molecule has 2 aliphatic carbocycles. The van der Waals surface area contributed by atoms with Gasteiger partial charge in [0.25, 0.3) is 0 Å². The third kappa shape index (κ3) is 1.76. The summed E-state index contributed by atoms with van der Waals surface area (Å²) in [5.74, 6) is 4.48. The summed E-state index contributed by atoms with van der Waals surface area (Å²) in [7, 11) is 0. The summed E-state index contributed by atoms with van der Waals surface area (Å²) in [6.45, 7) is 8.06. The van der Waals surface area contributed by atoms with E-state index >= 15 is 0 Å². The van der Waals surface area contributed by atoms with Gasteiger partial charge in [-0.25, -0.2) is 0 Å². The lowest BCUT2D eigenvalue weighted by molar-refractivity contribution is 0.255. The molecule has 0 aliphatic heterocycles. The summed E-state index contributed by atoms with van der Waals surface area (Å²) >= 11 is 0. The van der Waals surface area contributed by atoms with Gasteiger partial charge in [0.15, 0.2) is 0 Å². The zero-order valence-corrected chi connectivity index (χ0v) is 9.22. The molecule has 1 N–H and O–H groups in total. The van der Waals surface area contributed by atoms with Crippen LogP contribution in [0.4, 0.5) is 0 Å². The summed E-state index contributed by atoms with van der Waals surface area (Å²) < 4.78 is 0. The van der Waals surface area contributed by atoms with Crippen LogP contribution >= 0.6 is 0 Å². The van der Waals surface area contributed by atoms with Crippen LogP contribution in [0.2, 0.25) is 0 Å². The summed E-state index contributed by atoms with van der Waals surface area (Å²) in [4.78, 5) is 0. The fraction of sp³-hybridized carbons (Fsp3) is 1.00. The normalized spacial score (nSPS) is 43.6. The highest BCUT2D eigenvalue weighted by Crippen LogP contribution is 2.65. The average molecular weight is 181 g/mol. The van der Waals surface area contributed by atoms with Gasteiger partial charge >= 0.3 is 0 Å². The molecule has 2 fully saturated rings. The molecule has 0 bridgehead atoms. The summed E-state index contributed by atoms with van der Waals surface area (Å²) in [6, 6.07) is 0.734. The maximum absolute atomic E-state index is 3.49. The molecule has 1 heteroatoms. The van der Waals surface area contributed by atoms with Gasteiger partial charge in [0.2, 0.25) is 0 Å². The van der Waals surface area contributed by atoms with Crippen LogP contribution in [0.5, 0.6) is 0 Å². The van der Waals surface area contributed by atoms with Crippen LogP contribution in [0.1, 0.15) is 40.0 Å². The van der Waals surface area contributed by atoms with Crippen molar-refractivity contribution in [2.24, 2.45) is 23.7 Å². The third-order valence-electron chi connectivity index (χ3n) is 4.28. The highest BCUT2D eigenvalue weighted by molar-refractivity contribution is 5.07. The van der Waals surface area contributed by atoms with E-state index in [9.17, 15) is 0 Å². The highest BCUT2D eigenvalue weighted by atomic mass is 14.9. The number of hydrogen-bond donors (Lipinski definition) is 1. The van der Waals surface area contributed by atoms with Crippen LogP contribution in [-0.4, -0.2) is 12.6 Å². The minimum Gasteiger partial charge on any atom is -0.315 e. The molecule has 0 spiro atoms. The Kier molecular flexibility index (Phi) is 2.64. The molecule has 13 heavy (non-hydrogen) atoms. The first-order valence-electron chi connectivity index (χ1n) is 5.97. The Morgan fingerprint density at radius 1 is 1.46 bits per heavy atom. The van der Waals surface area contributed by atoms with E-state index in [1.807, 2.05) is 0 Å². The van der Waals surface area contributed by atoms with Gasteiger partial charge in [-0.1, -0.05) is 13.8 Å². The van der Waals surface area contributed by atoms with E-state index in [0.717, 1.165) is 36.3 Å². The van der Waals surface area contributed by atoms with Gasteiger partial charge in [-0.15, -0.1) is 0 Å². The number of fused-ring (bicyclic) bond motifs is 1. The predicted octanol–water partition coefficient (Wildman–Crippen LogP) is 2.67. The second-order valence-electron chi connectivity index (χ2n) is 5.13. The second-order valence-corrected chi connectivity index (χ2v) is 5.13. The first-order chi connectivity index (χ1) is 6.24. The van der Waals surface area contributed by atoms with Crippen LogP contribution in [0.25, 0.3) is 0 Å². The van der Waals surface area contributed by atoms with E-state index < -0.39 is 0 Å². The predicted molar refractivity (Wildman–Crippen MR) is 56.6 cm³/mol. The Bertz CT molecular complexity index is 174. The summed E-state index contributed by atoms with van der Waals surface area (Å²) in [5.41, 5.74) is 0. The Hall–Kier alpha value is -0.0400. The van der Waals surface area contributed by atoms with Gasteiger partial charge in [0.05, 0.1) is 0 Å². The lowest BCUT2D eigenvalue weighted by Gasteiger charge is -2.26. The van der Waals surface area contributed by atoms with E-state index in [1.54, 1.807) is 6.42 Å². The Morgan fingerprint density at radius 3 is 2.69 bits per heavy atom. The Labute approximate surface area is 82.3 Å². The molecular formula is C12H23N. The fourth-order valence-electron chi connectivity index (χ4n) is 3.27. The lowest BCUT2D eigenvalue weighted by atomic mass is 9.81. The maximum atomic E-state index is 3.49. The quantitative estimate of drug-likeness (QED) is 0.687. The van der Waals surface area contributed by atoms with Crippen molar-refractivity contribution in [3.05, 3.63) is 0 Å². The van der Waals surface area contributed by atoms with E-state index in [1.165, 1.54) is 12.8 Å². The average Bonchev–Trinajstić information content (AvgIpc) is 2.52.